The molecular weight excluding hydrogens is 250 g/mol. The number of nitrogens with one attached hydrogen (secondary N) is 2. The molecule has 2 aromatic rings. The minimum absolute atomic E-state index is 0. The SMILES string of the molecule is Cc1ccc(C(=N)N)cc1.Cc1ccc(C(=N)N)nc1.[2HH].[2HH]. The van der Waals surface area contributed by atoms with Gasteiger partial charge in [-0.1, -0.05) is 35.9 Å². The van der Waals surface area contributed by atoms with Crippen molar-refractivity contribution in [3.8, 4) is 0 Å². The van der Waals surface area contributed by atoms with Gasteiger partial charge < -0.3 is 11.5 Å². The van der Waals surface area contributed by atoms with Crippen molar-refractivity contribution in [3.05, 3.63) is 65.0 Å². The molecule has 5 nitrogen and oxygen atoms in total. The van der Waals surface area contributed by atoms with Crippen LogP contribution in [0.4, 0.5) is 0 Å². The van der Waals surface area contributed by atoms with E-state index >= 15 is 0 Å². The Labute approximate surface area is 121 Å². The summed E-state index contributed by atoms with van der Waals surface area (Å²) in [6, 6.07) is 11.2. The van der Waals surface area contributed by atoms with Gasteiger partial charge in [-0.2, -0.15) is 0 Å². The minimum atomic E-state index is 0. The molecule has 1 aromatic heterocycles. The van der Waals surface area contributed by atoms with Crippen molar-refractivity contribution in [3.63, 3.8) is 0 Å². The van der Waals surface area contributed by atoms with E-state index in [1.54, 1.807) is 12.3 Å². The molecule has 1 heterocycles. The number of nitrogens with zero attached hydrogens (tertiary/aromatic N) is 1. The minimum Gasteiger partial charge on any atom is -0.384 e. The standard InChI is InChI=1S/C8H10N2.C7H9N3.2H2/c1-6-2-4-7(5-3-6)8(9)10;1-5-2-3-6(7(8)9)10-4-5;;/h2-5H,1H3,(H3,9,10);2-4H,1H3,(H3,8,9);2*1H/i;;2*1+1. The first-order chi connectivity index (χ1) is 9.40. The summed E-state index contributed by atoms with van der Waals surface area (Å²) in [6.07, 6.45) is 1.69. The van der Waals surface area contributed by atoms with Gasteiger partial charge in [0.05, 0.1) is 0 Å². The van der Waals surface area contributed by atoms with Gasteiger partial charge in [0.2, 0.25) is 0 Å². The third-order valence-corrected chi connectivity index (χ3v) is 2.55. The lowest BCUT2D eigenvalue weighted by Gasteiger charge is -1.96. The second-order valence-corrected chi connectivity index (χ2v) is 4.41. The number of benzene rings is 1. The maximum atomic E-state index is 7.08. The topological polar surface area (TPSA) is 113 Å². The number of aryl methyl sites for hydroxylation is 2. The molecule has 2 rings (SSSR count). The number of pyridine rings is 1. The van der Waals surface area contributed by atoms with Crippen LogP contribution in [0.2, 0.25) is 0 Å². The fraction of sp³-hybridized carbons (Fsp3) is 0.133. The van der Waals surface area contributed by atoms with Crippen LogP contribution in [0.25, 0.3) is 0 Å². The zero-order chi connectivity index (χ0) is 15.1. The van der Waals surface area contributed by atoms with Gasteiger partial charge in [-0.25, -0.2) is 0 Å². The molecule has 5 heteroatoms. The Morgan fingerprint density at radius 3 is 1.85 bits per heavy atom. The fourth-order valence-electron chi connectivity index (χ4n) is 1.36. The van der Waals surface area contributed by atoms with Gasteiger partial charge in [-0.15, -0.1) is 0 Å². The van der Waals surface area contributed by atoms with E-state index in [0.717, 1.165) is 11.1 Å². The third-order valence-electron chi connectivity index (χ3n) is 2.55. The summed E-state index contributed by atoms with van der Waals surface area (Å²) in [6.45, 7) is 3.95. The maximum Gasteiger partial charge on any atom is 0.141 e. The Kier molecular flexibility index (Phi) is 5.41. The van der Waals surface area contributed by atoms with Crippen LogP contribution in [0.5, 0.6) is 0 Å². The maximum absolute atomic E-state index is 7.08. The second-order valence-electron chi connectivity index (χ2n) is 4.41. The zero-order valence-electron chi connectivity index (χ0n) is 11.6. The van der Waals surface area contributed by atoms with Crippen molar-refractivity contribution >= 4 is 11.7 Å². The highest BCUT2D eigenvalue weighted by atomic mass is 14.8. The van der Waals surface area contributed by atoms with Gasteiger partial charge in [-0.3, -0.25) is 15.8 Å². The third kappa shape index (κ3) is 4.89. The van der Waals surface area contributed by atoms with Crippen LogP contribution < -0.4 is 11.5 Å². The van der Waals surface area contributed by atoms with Crippen LogP contribution in [-0.2, 0) is 0 Å². The molecule has 0 spiro atoms. The number of nitrogen functional groups attached to an aromatic ring is 2. The normalized spacial score (nSPS) is 9.30. The van der Waals surface area contributed by atoms with Crippen LogP contribution in [0, 0.1) is 24.7 Å². The van der Waals surface area contributed by atoms with Gasteiger partial charge in [0.1, 0.15) is 17.4 Å². The highest BCUT2D eigenvalue weighted by molar-refractivity contribution is 5.94. The average Bonchev–Trinajstić information content (AvgIpc) is 2.40. The number of amidine groups is 2. The van der Waals surface area contributed by atoms with Crippen LogP contribution in [0.3, 0.4) is 0 Å². The van der Waals surface area contributed by atoms with E-state index in [-0.39, 0.29) is 14.5 Å². The molecule has 1 aromatic carbocycles. The van der Waals surface area contributed by atoms with Crippen molar-refractivity contribution in [2.45, 2.75) is 13.8 Å². The first-order valence-electron chi connectivity index (χ1n) is 6.08. The molecule has 0 aliphatic carbocycles. The quantitative estimate of drug-likeness (QED) is 0.498. The van der Waals surface area contributed by atoms with Crippen molar-refractivity contribution in [2.24, 2.45) is 11.5 Å². The average molecular weight is 275 g/mol. The van der Waals surface area contributed by atoms with Gasteiger partial charge in [0, 0.05) is 14.6 Å². The largest absolute Gasteiger partial charge is 0.384 e. The lowest BCUT2D eigenvalue weighted by atomic mass is 10.1. The zero-order valence-corrected chi connectivity index (χ0v) is 11.6. The molecule has 0 unspecified atom stereocenters. The molecule has 0 atom stereocenters. The number of hydrogen-bond donors (Lipinski definition) is 4. The van der Waals surface area contributed by atoms with E-state index in [1.165, 1.54) is 5.56 Å². The molecule has 0 saturated heterocycles. The molecule has 0 fully saturated rings. The van der Waals surface area contributed by atoms with Crippen LogP contribution >= 0.6 is 0 Å². The number of hydrogen-bond acceptors (Lipinski definition) is 3. The molecule has 0 saturated carbocycles. The molecule has 108 valence electrons. The first-order valence-corrected chi connectivity index (χ1v) is 6.08. The van der Waals surface area contributed by atoms with Crippen LogP contribution in [0.15, 0.2) is 42.6 Å². The number of nitrogens with two attached hydrogens (primary N) is 2. The Hall–Kier alpha value is -2.69. The lowest BCUT2D eigenvalue weighted by Crippen LogP contribution is -2.12. The summed E-state index contributed by atoms with van der Waals surface area (Å²) in [5.74, 6) is 0.139. The first kappa shape index (κ1) is 15.4. The summed E-state index contributed by atoms with van der Waals surface area (Å²) < 4.78 is 0. The van der Waals surface area contributed by atoms with Gasteiger partial charge in [0.15, 0.2) is 0 Å². The van der Waals surface area contributed by atoms with E-state index < -0.39 is 0 Å². The molecule has 0 aliphatic rings. The summed E-state index contributed by atoms with van der Waals surface area (Å²) in [4.78, 5) is 3.93. The van der Waals surface area contributed by atoms with E-state index in [1.807, 2.05) is 44.2 Å². The smallest absolute Gasteiger partial charge is 0.141 e. The van der Waals surface area contributed by atoms with Crippen molar-refractivity contribution < 1.29 is 2.85 Å². The Balaban J connectivity index is 0. The van der Waals surface area contributed by atoms with Crippen LogP contribution in [-0.4, -0.2) is 16.7 Å². The van der Waals surface area contributed by atoms with Gasteiger partial charge in [-0.05, 0) is 25.5 Å². The Bertz CT molecular complexity index is 539. The van der Waals surface area contributed by atoms with Gasteiger partial charge in [0.25, 0.3) is 0 Å². The summed E-state index contributed by atoms with van der Waals surface area (Å²) >= 11 is 0. The second kappa shape index (κ2) is 7.04. The summed E-state index contributed by atoms with van der Waals surface area (Å²) in [5.41, 5.74) is 14.0. The van der Waals surface area contributed by atoms with Crippen molar-refractivity contribution in [2.75, 3.05) is 0 Å². The summed E-state index contributed by atoms with van der Waals surface area (Å²) in [7, 11) is 0. The Morgan fingerprint density at radius 1 is 0.900 bits per heavy atom. The van der Waals surface area contributed by atoms with E-state index in [0.29, 0.717) is 5.69 Å². The number of aromatic nitrogens is 1. The lowest BCUT2D eigenvalue weighted by molar-refractivity contribution is 1.22. The van der Waals surface area contributed by atoms with Crippen LogP contribution in [0.1, 0.15) is 25.2 Å². The fourth-order valence-corrected chi connectivity index (χ4v) is 1.36. The van der Waals surface area contributed by atoms with Crippen molar-refractivity contribution in [1.29, 1.82) is 10.8 Å². The predicted molar refractivity (Wildman–Crippen MR) is 86.4 cm³/mol. The van der Waals surface area contributed by atoms with E-state index in [4.69, 9.17) is 22.3 Å². The van der Waals surface area contributed by atoms with Gasteiger partial charge >= 0.3 is 0 Å². The molecule has 0 radical (unpaired) electrons. The molecular formula is C15H23N5. The Morgan fingerprint density at radius 2 is 1.45 bits per heavy atom. The predicted octanol–water partition coefficient (Wildman–Crippen LogP) is 2.45. The van der Waals surface area contributed by atoms with E-state index in [9.17, 15) is 0 Å². The monoisotopic (exact) mass is 275 g/mol. The molecule has 0 bridgehead atoms. The summed E-state index contributed by atoms with van der Waals surface area (Å²) in [5, 5.41) is 14.1. The van der Waals surface area contributed by atoms with E-state index in [2.05, 4.69) is 4.98 Å². The molecule has 6 N–H and O–H groups in total. The highest BCUT2D eigenvalue weighted by Gasteiger charge is 1.94. The highest BCUT2D eigenvalue weighted by Crippen LogP contribution is 2.01. The molecule has 20 heavy (non-hydrogen) atoms. The number of rotatable bonds is 2. The molecule has 0 amide bonds. The molecule has 0 aliphatic heterocycles. The van der Waals surface area contributed by atoms with Crippen molar-refractivity contribution in [1.82, 2.24) is 4.98 Å².